The summed E-state index contributed by atoms with van der Waals surface area (Å²) in [5.74, 6) is 0.332. The molecular weight excluding hydrogens is 387 g/mol. The number of hydrogen-bond acceptors (Lipinski definition) is 8. The van der Waals surface area contributed by atoms with Crippen molar-refractivity contribution in [2.45, 2.75) is 33.1 Å². The lowest BCUT2D eigenvalue weighted by molar-refractivity contribution is -0.141. The minimum absolute atomic E-state index is 0.0208. The summed E-state index contributed by atoms with van der Waals surface area (Å²) in [6.45, 7) is 5.44. The molecule has 0 aliphatic heterocycles. The van der Waals surface area contributed by atoms with Gasteiger partial charge < -0.3 is 5.32 Å². The molecule has 0 spiro atoms. The number of pyridine rings is 2. The number of nitrogens with zero attached hydrogens (tertiary/aromatic N) is 5. The van der Waals surface area contributed by atoms with Crippen LogP contribution in [0.25, 0.3) is 11.5 Å². The Morgan fingerprint density at radius 1 is 1.00 bits per heavy atom. The molecule has 3 aromatic rings. The van der Waals surface area contributed by atoms with Crippen LogP contribution in [0, 0.1) is 6.92 Å². The summed E-state index contributed by atoms with van der Waals surface area (Å²) in [5, 5.41) is 2.74. The fourth-order valence-electron chi connectivity index (χ4n) is 2.22. The highest BCUT2D eigenvalue weighted by atomic mass is 19.4. The number of aromatic nitrogens is 5. The molecule has 3 rings (SSSR count). The Kier molecular flexibility index (Phi) is 5.87. The second-order valence-corrected chi connectivity index (χ2v) is 6.29. The number of rotatable bonds is 6. The Hall–Kier alpha value is -3.34. The first-order chi connectivity index (χ1) is 13.7. The zero-order valence-electron chi connectivity index (χ0n) is 15.8. The van der Waals surface area contributed by atoms with Crippen molar-refractivity contribution in [2.24, 2.45) is 0 Å². The van der Waals surface area contributed by atoms with Gasteiger partial charge in [-0.15, -0.1) is 0 Å². The van der Waals surface area contributed by atoms with E-state index < -0.39 is 11.9 Å². The largest absolute Gasteiger partial charge is 0.433 e. The summed E-state index contributed by atoms with van der Waals surface area (Å²) in [7, 11) is 0. The summed E-state index contributed by atoms with van der Waals surface area (Å²) in [5.41, 5.74) is 2.94. The van der Waals surface area contributed by atoms with E-state index in [1.54, 1.807) is 12.1 Å². The Labute approximate surface area is 164 Å². The standard InChI is InChI=1S/C18H18F3N7O/c1-10(2)29-28-17-26-15(13-6-4-5-11(3)23-13)25-16(27-17)24-12-7-8-22-14(9-12)18(19,20)21/h4-10H,1-3H3,(H2,22,24,25,26,27,28). The van der Waals surface area contributed by atoms with E-state index in [2.05, 4.69) is 35.7 Å². The zero-order chi connectivity index (χ0) is 21.0. The van der Waals surface area contributed by atoms with Crippen molar-refractivity contribution in [2.75, 3.05) is 10.8 Å². The summed E-state index contributed by atoms with van der Waals surface area (Å²) < 4.78 is 38.7. The molecule has 0 fully saturated rings. The van der Waals surface area contributed by atoms with Gasteiger partial charge >= 0.3 is 6.18 Å². The lowest BCUT2D eigenvalue weighted by atomic mass is 10.3. The molecule has 0 saturated heterocycles. The first kappa shape index (κ1) is 20.4. The molecule has 0 radical (unpaired) electrons. The van der Waals surface area contributed by atoms with Crippen LogP contribution in [0.5, 0.6) is 0 Å². The number of alkyl halides is 3. The van der Waals surface area contributed by atoms with Gasteiger partial charge in [0.25, 0.3) is 5.95 Å². The van der Waals surface area contributed by atoms with E-state index in [0.29, 0.717) is 5.69 Å². The van der Waals surface area contributed by atoms with E-state index in [-0.39, 0.29) is 29.5 Å². The Balaban J connectivity index is 1.97. The van der Waals surface area contributed by atoms with Crippen molar-refractivity contribution >= 4 is 17.6 Å². The van der Waals surface area contributed by atoms with Gasteiger partial charge in [-0.05, 0) is 45.0 Å². The molecule has 0 saturated carbocycles. The maximum absolute atomic E-state index is 12.9. The van der Waals surface area contributed by atoms with E-state index >= 15 is 0 Å². The highest BCUT2D eigenvalue weighted by molar-refractivity contribution is 5.58. The molecule has 29 heavy (non-hydrogen) atoms. The summed E-state index contributed by atoms with van der Waals surface area (Å²) in [6.07, 6.45) is -3.67. The fourth-order valence-corrected chi connectivity index (χ4v) is 2.22. The number of aryl methyl sites for hydroxylation is 1. The monoisotopic (exact) mass is 405 g/mol. The van der Waals surface area contributed by atoms with Crippen LogP contribution in [0.3, 0.4) is 0 Å². The minimum Gasteiger partial charge on any atom is -0.324 e. The van der Waals surface area contributed by atoms with E-state index in [0.717, 1.165) is 18.0 Å². The molecule has 0 amide bonds. The number of anilines is 3. The Bertz CT molecular complexity index is 995. The van der Waals surface area contributed by atoms with Crippen molar-refractivity contribution in [3.8, 4) is 11.5 Å². The normalized spacial score (nSPS) is 11.6. The molecule has 2 N–H and O–H groups in total. The molecule has 0 aliphatic rings. The smallest absolute Gasteiger partial charge is 0.324 e. The first-order valence-corrected chi connectivity index (χ1v) is 8.63. The molecule has 8 nitrogen and oxygen atoms in total. The molecule has 0 atom stereocenters. The molecule has 0 bridgehead atoms. The maximum atomic E-state index is 12.9. The van der Waals surface area contributed by atoms with E-state index in [9.17, 15) is 13.2 Å². The highest BCUT2D eigenvalue weighted by Gasteiger charge is 2.32. The predicted molar refractivity (Wildman–Crippen MR) is 100 cm³/mol. The SMILES string of the molecule is Cc1cccc(-c2nc(NOC(C)C)nc(Nc3ccnc(C(F)(F)F)c3)n2)n1. The second kappa shape index (κ2) is 8.35. The lowest BCUT2D eigenvalue weighted by Gasteiger charge is -2.12. The molecule has 0 aromatic carbocycles. The van der Waals surface area contributed by atoms with E-state index in [4.69, 9.17) is 4.84 Å². The predicted octanol–water partition coefficient (Wildman–Crippen LogP) is 4.15. The summed E-state index contributed by atoms with van der Waals surface area (Å²) >= 11 is 0. The highest BCUT2D eigenvalue weighted by Crippen LogP contribution is 2.29. The van der Waals surface area contributed by atoms with Gasteiger partial charge in [-0.25, -0.2) is 10.5 Å². The summed E-state index contributed by atoms with van der Waals surface area (Å²) in [4.78, 5) is 25.7. The Morgan fingerprint density at radius 2 is 1.76 bits per heavy atom. The minimum atomic E-state index is -4.56. The van der Waals surface area contributed by atoms with Crippen molar-refractivity contribution in [1.82, 2.24) is 24.9 Å². The van der Waals surface area contributed by atoms with Crippen molar-refractivity contribution in [1.29, 1.82) is 0 Å². The Morgan fingerprint density at radius 3 is 2.45 bits per heavy atom. The van der Waals surface area contributed by atoms with Gasteiger partial charge in [0, 0.05) is 17.6 Å². The quantitative estimate of drug-likeness (QED) is 0.590. The number of halogens is 3. The molecule has 3 aromatic heterocycles. The third-order valence-electron chi connectivity index (χ3n) is 3.45. The van der Waals surface area contributed by atoms with Crippen LogP contribution in [-0.2, 0) is 11.0 Å². The average Bonchev–Trinajstić information content (AvgIpc) is 2.66. The summed E-state index contributed by atoms with van der Waals surface area (Å²) in [6, 6.07) is 7.58. The van der Waals surface area contributed by atoms with Crippen molar-refractivity contribution in [3.05, 3.63) is 47.9 Å². The average molecular weight is 405 g/mol. The zero-order valence-corrected chi connectivity index (χ0v) is 15.8. The third-order valence-corrected chi connectivity index (χ3v) is 3.45. The van der Waals surface area contributed by atoms with Gasteiger partial charge in [-0.3, -0.25) is 9.82 Å². The van der Waals surface area contributed by atoms with E-state index in [1.807, 2.05) is 26.8 Å². The topological polar surface area (TPSA) is 97.7 Å². The van der Waals surface area contributed by atoms with Gasteiger partial charge in [0.05, 0.1) is 6.10 Å². The molecular formula is C18H18F3N7O. The lowest BCUT2D eigenvalue weighted by Crippen LogP contribution is -2.13. The number of hydrogen-bond donors (Lipinski definition) is 2. The maximum Gasteiger partial charge on any atom is 0.433 e. The van der Waals surface area contributed by atoms with Crippen molar-refractivity contribution in [3.63, 3.8) is 0 Å². The van der Waals surface area contributed by atoms with Gasteiger partial charge in [-0.2, -0.15) is 28.1 Å². The molecule has 0 unspecified atom stereocenters. The second-order valence-electron chi connectivity index (χ2n) is 6.29. The number of nitrogens with one attached hydrogen (secondary N) is 2. The molecule has 0 aliphatic carbocycles. The van der Waals surface area contributed by atoms with Crippen LogP contribution in [0.15, 0.2) is 36.5 Å². The van der Waals surface area contributed by atoms with Crippen LogP contribution < -0.4 is 10.8 Å². The third kappa shape index (κ3) is 5.57. The van der Waals surface area contributed by atoms with Gasteiger partial charge in [-0.1, -0.05) is 6.07 Å². The van der Waals surface area contributed by atoms with Gasteiger partial charge in [0.2, 0.25) is 5.95 Å². The van der Waals surface area contributed by atoms with Crippen molar-refractivity contribution < 1.29 is 18.0 Å². The van der Waals surface area contributed by atoms with Gasteiger partial charge in [0.1, 0.15) is 11.4 Å². The van der Waals surface area contributed by atoms with Crippen LogP contribution in [0.4, 0.5) is 30.8 Å². The van der Waals surface area contributed by atoms with E-state index in [1.165, 1.54) is 6.07 Å². The molecule has 3 heterocycles. The van der Waals surface area contributed by atoms with Crippen LogP contribution in [0.1, 0.15) is 25.2 Å². The van der Waals surface area contributed by atoms with Gasteiger partial charge in [0.15, 0.2) is 5.82 Å². The molecule has 11 heteroatoms. The van der Waals surface area contributed by atoms with Crippen LogP contribution >= 0.6 is 0 Å². The van der Waals surface area contributed by atoms with Crippen LogP contribution in [0.2, 0.25) is 0 Å². The van der Waals surface area contributed by atoms with Crippen LogP contribution in [-0.4, -0.2) is 31.0 Å². The molecule has 152 valence electrons. The fraction of sp³-hybridized carbons (Fsp3) is 0.278. The first-order valence-electron chi connectivity index (χ1n) is 8.63.